The van der Waals surface area contributed by atoms with E-state index in [0.29, 0.717) is 37.3 Å². The summed E-state index contributed by atoms with van der Waals surface area (Å²) in [5, 5.41) is 6.14. The van der Waals surface area contributed by atoms with E-state index < -0.39 is 21.8 Å². The number of carbonyl (C=O) groups is 1. The first-order valence-electron chi connectivity index (χ1n) is 12.6. The highest BCUT2D eigenvalue weighted by molar-refractivity contribution is 7.90. The van der Waals surface area contributed by atoms with Crippen molar-refractivity contribution < 1.29 is 31.1 Å². The minimum atomic E-state index is -4.71. The van der Waals surface area contributed by atoms with Gasteiger partial charge in [0.1, 0.15) is 0 Å². The van der Waals surface area contributed by atoms with Crippen LogP contribution >= 0.6 is 11.5 Å². The molecular formula is C25H24F3N7O4S2. The van der Waals surface area contributed by atoms with E-state index in [1.54, 1.807) is 23.1 Å². The molecule has 2 amide bonds. The minimum Gasteiger partial charge on any atom is -0.466 e. The van der Waals surface area contributed by atoms with Crippen LogP contribution < -0.4 is 15.4 Å². The molecule has 3 aromatic heterocycles. The smallest absolute Gasteiger partial charge is 0.419 e. The number of carbonyl (C=O) groups excluding carboxylic acids is 1. The number of amides is 2. The van der Waals surface area contributed by atoms with Crippen molar-refractivity contribution in [2.24, 2.45) is 11.8 Å². The highest BCUT2D eigenvalue weighted by Gasteiger charge is 2.44. The van der Waals surface area contributed by atoms with Crippen LogP contribution in [-0.4, -0.2) is 63.9 Å². The van der Waals surface area contributed by atoms with Gasteiger partial charge in [0.15, 0.2) is 5.65 Å². The van der Waals surface area contributed by atoms with Crippen molar-refractivity contribution in [1.29, 1.82) is 0 Å². The molecule has 1 aromatic carbocycles. The summed E-state index contributed by atoms with van der Waals surface area (Å²) in [6, 6.07) is 8.50. The number of hydrogen-bond acceptors (Lipinski definition) is 9. The first-order valence-corrected chi connectivity index (χ1v) is 14.8. The zero-order valence-corrected chi connectivity index (χ0v) is 23.1. The molecule has 0 radical (unpaired) electrons. The van der Waals surface area contributed by atoms with Gasteiger partial charge in [-0.2, -0.15) is 18.2 Å². The fraction of sp³-hybridized carbons (Fsp3) is 0.360. The summed E-state index contributed by atoms with van der Waals surface area (Å²) < 4.78 is 78.4. The molecule has 216 valence electrons. The number of alkyl halides is 3. The number of benzene rings is 1. The second kappa shape index (κ2) is 10.2. The second-order valence-corrected chi connectivity index (χ2v) is 12.5. The van der Waals surface area contributed by atoms with E-state index in [0.717, 1.165) is 15.5 Å². The van der Waals surface area contributed by atoms with E-state index in [9.17, 15) is 26.4 Å². The van der Waals surface area contributed by atoms with Crippen molar-refractivity contribution in [3.8, 4) is 6.01 Å². The number of methoxy groups -OCH3 is 1. The molecule has 1 unspecified atom stereocenters. The summed E-state index contributed by atoms with van der Waals surface area (Å²) in [6.45, 7) is 0.905. The van der Waals surface area contributed by atoms with Gasteiger partial charge in [-0.15, -0.1) is 4.37 Å². The highest BCUT2D eigenvalue weighted by Crippen LogP contribution is 2.43. The summed E-state index contributed by atoms with van der Waals surface area (Å²) in [5.41, 5.74) is -1.27. The van der Waals surface area contributed by atoms with Crippen LogP contribution in [0.4, 0.5) is 28.8 Å². The van der Waals surface area contributed by atoms with Crippen molar-refractivity contribution in [3.05, 3.63) is 54.4 Å². The number of hydrogen-bond donors (Lipinski definition) is 2. The maximum atomic E-state index is 14.1. The van der Waals surface area contributed by atoms with Crippen molar-refractivity contribution in [2.75, 3.05) is 30.8 Å². The zero-order valence-electron chi connectivity index (χ0n) is 21.5. The second-order valence-electron chi connectivity index (χ2n) is 9.97. The Labute approximate surface area is 236 Å². The highest BCUT2D eigenvalue weighted by atomic mass is 32.2. The molecule has 6 rings (SSSR count). The molecule has 1 aliphatic heterocycles. The van der Waals surface area contributed by atoms with Gasteiger partial charge in [-0.1, -0.05) is 18.2 Å². The van der Waals surface area contributed by atoms with Gasteiger partial charge in [0.2, 0.25) is 5.13 Å². The molecule has 2 N–H and O–H groups in total. The maximum absolute atomic E-state index is 14.1. The number of nitrogens with one attached hydrogen (secondary N) is 2. The summed E-state index contributed by atoms with van der Waals surface area (Å²) in [7, 11) is -2.65. The maximum Gasteiger partial charge on any atom is 0.419 e. The van der Waals surface area contributed by atoms with Crippen LogP contribution in [0.3, 0.4) is 0 Å². The Morgan fingerprint density at radius 2 is 1.83 bits per heavy atom. The number of ether oxygens (including phenoxy) is 1. The van der Waals surface area contributed by atoms with Gasteiger partial charge >= 0.3 is 18.2 Å². The Balaban J connectivity index is 1.21. The first-order chi connectivity index (χ1) is 19.5. The van der Waals surface area contributed by atoms with Crippen LogP contribution in [0.25, 0.3) is 11.0 Å². The lowest BCUT2D eigenvalue weighted by atomic mass is 10.0. The first kappa shape index (κ1) is 27.3. The number of fused-ring (bicyclic) bond motifs is 2. The van der Waals surface area contributed by atoms with E-state index in [-0.39, 0.29) is 51.5 Å². The fourth-order valence-electron chi connectivity index (χ4n) is 5.64. The van der Waals surface area contributed by atoms with Crippen molar-refractivity contribution in [3.63, 3.8) is 0 Å². The Morgan fingerprint density at radius 1 is 1.12 bits per heavy atom. The minimum absolute atomic E-state index is 0.00354. The summed E-state index contributed by atoms with van der Waals surface area (Å²) in [5.74, 6) is 0.189. The van der Waals surface area contributed by atoms with E-state index in [2.05, 4.69) is 25.0 Å². The average Bonchev–Trinajstić information content (AvgIpc) is 3.71. The number of aromatic nitrogens is 4. The fourth-order valence-corrected chi connectivity index (χ4v) is 7.49. The van der Waals surface area contributed by atoms with E-state index in [1.807, 2.05) is 0 Å². The Hall–Kier alpha value is -3.92. The third kappa shape index (κ3) is 5.05. The number of urea groups is 1. The molecule has 1 saturated carbocycles. The predicted octanol–water partition coefficient (Wildman–Crippen LogP) is 4.51. The van der Waals surface area contributed by atoms with E-state index >= 15 is 0 Å². The SMILES string of the molecule is COc1nsc(NC(=O)N2C[C@H]3CC(Nc4c(C(F)(F)F)cnc5c4ccn5S(=O)(=O)c4ccccc4)C[C@H]3C2)n1. The summed E-state index contributed by atoms with van der Waals surface area (Å²) in [4.78, 5) is 22.3. The number of halogens is 3. The van der Waals surface area contributed by atoms with Crippen molar-refractivity contribution in [1.82, 2.24) is 23.2 Å². The van der Waals surface area contributed by atoms with Gasteiger partial charge in [-0.25, -0.2) is 22.2 Å². The van der Waals surface area contributed by atoms with Gasteiger partial charge < -0.3 is 15.0 Å². The van der Waals surface area contributed by atoms with Gasteiger partial charge in [0.25, 0.3) is 10.0 Å². The largest absolute Gasteiger partial charge is 0.466 e. The zero-order chi connectivity index (χ0) is 28.9. The molecule has 16 heteroatoms. The monoisotopic (exact) mass is 607 g/mol. The number of pyridine rings is 1. The molecule has 1 saturated heterocycles. The Kier molecular flexibility index (Phi) is 6.76. The average molecular weight is 608 g/mol. The van der Waals surface area contributed by atoms with Gasteiger partial charge in [-0.3, -0.25) is 5.32 Å². The molecule has 2 fully saturated rings. The Morgan fingerprint density at radius 3 is 2.46 bits per heavy atom. The summed E-state index contributed by atoms with van der Waals surface area (Å²) in [6.07, 6.45) is -1.72. The Bertz CT molecular complexity index is 1700. The van der Waals surface area contributed by atoms with Crippen LogP contribution in [0.15, 0.2) is 53.7 Å². The standard InChI is InChI=1S/C25H24F3N7O4S2/c1-39-22-31-23(40-33-22)32-24(36)34-12-14-9-16(10-15(14)13-34)30-20-18-7-8-35(21(18)29-11-19(20)25(26,27)28)41(37,38)17-5-3-2-4-6-17/h2-8,11,14-16H,9-10,12-13H2,1H3,(H,29,30)(H,31,32,33,36)/t14-,15+,16?. The summed E-state index contributed by atoms with van der Waals surface area (Å²) >= 11 is 0.999. The molecule has 0 spiro atoms. The molecule has 0 bridgehead atoms. The molecule has 2 aliphatic rings. The number of anilines is 2. The van der Waals surface area contributed by atoms with Gasteiger partial charge in [0, 0.05) is 48.4 Å². The van der Waals surface area contributed by atoms with Crippen LogP contribution in [0, 0.1) is 11.8 Å². The van der Waals surface area contributed by atoms with Crippen LogP contribution in [0.2, 0.25) is 0 Å². The lowest BCUT2D eigenvalue weighted by Crippen LogP contribution is -2.34. The predicted molar refractivity (Wildman–Crippen MR) is 144 cm³/mol. The molecule has 41 heavy (non-hydrogen) atoms. The lowest BCUT2D eigenvalue weighted by Gasteiger charge is -2.22. The molecule has 3 atom stereocenters. The molecule has 11 nitrogen and oxygen atoms in total. The number of nitrogens with zero attached hydrogens (tertiary/aromatic N) is 5. The lowest BCUT2D eigenvalue weighted by molar-refractivity contribution is -0.137. The number of rotatable bonds is 6. The third-order valence-electron chi connectivity index (χ3n) is 7.48. The molecule has 1 aliphatic carbocycles. The number of likely N-dealkylation sites (tertiary alicyclic amines) is 1. The van der Waals surface area contributed by atoms with Crippen LogP contribution in [0.5, 0.6) is 6.01 Å². The van der Waals surface area contributed by atoms with Crippen LogP contribution in [-0.2, 0) is 16.2 Å². The van der Waals surface area contributed by atoms with Crippen molar-refractivity contribution in [2.45, 2.75) is 30.0 Å². The van der Waals surface area contributed by atoms with Gasteiger partial charge in [0.05, 0.1) is 23.3 Å². The molecule has 4 aromatic rings. The van der Waals surface area contributed by atoms with Gasteiger partial charge in [-0.05, 0) is 42.9 Å². The molecule has 4 heterocycles. The quantitative estimate of drug-likeness (QED) is 0.328. The van der Waals surface area contributed by atoms with Crippen molar-refractivity contribution >= 4 is 49.4 Å². The van der Waals surface area contributed by atoms with Crippen LogP contribution in [0.1, 0.15) is 18.4 Å². The third-order valence-corrected chi connectivity index (χ3v) is 9.77. The van der Waals surface area contributed by atoms with E-state index in [1.165, 1.54) is 31.5 Å². The molecular weight excluding hydrogens is 583 g/mol. The normalized spacial score (nSPS) is 20.8. The topological polar surface area (TPSA) is 131 Å². The van der Waals surface area contributed by atoms with E-state index in [4.69, 9.17) is 4.74 Å².